The molecule has 0 saturated carbocycles. The molecule has 130 valence electrons. The Hall–Kier alpha value is -2.22. The number of hydrogen-bond donors (Lipinski definition) is 0. The zero-order chi connectivity index (χ0) is 18.6. The molecule has 0 aliphatic carbocycles. The van der Waals surface area contributed by atoms with Crippen LogP contribution < -0.4 is 0 Å². The third-order valence-electron chi connectivity index (χ3n) is 3.11. The molecule has 25 heavy (non-hydrogen) atoms. The molecule has 2 rings (SSSR count). The van der Waals surface area contributed by atoms with Crippen molar-refractivity contribution in [2.24, 2.45) is 0 Å². The van der Waals surface area contributed by atoms with Gasteiger partial charge in [-0.15, -0.1) is 3.89 Å². The Morgan fingerprint density at radius 1 is 0.960 bits per heavy atom. The number of rotatable bonds is 5. The summed E-state index contributed by atoms with van der Waals surface area (Å²) in [5, 5.41) is 11.0. The first-order valence-corrected chi connectivity index (χ1v) is 8.85. The molecule has 0 aliphatic heterocycles. The lowest BCUT2D eigenvalue weighted by molar-refractivity contribution is -0.384. The maximum absolute atomic E-state index is 12.9. The molecular weight excluding hydrogens is 392 g/mol. The minimum Gasteiger partial charge on any atom is -0.258 e. The highest BCUT2D eigenvalue weighted by Gasteiger charge is 2.12. The summed E-state index contributed by atoms with van der Waals surface area (Å²) in [6.07, 6.45) is 6.47. The second-order valence-corrected chi connectivity index (χ2v) is 6.96. The van der Waals surface area contributed by atoms with Gasteiger partial charge in [0.25, 0.3) is 5.69 Å². The van der Waals surface area contributed by atoms with Gasteiger partial charge in [-0.05, 0) is 29.3 Å². The molecule has 0 heterocycles. The monoisotopic (exact) mass is 401 g/mol. The van der Waals surface area contributed by atoms with E-state index in [1.54, 1.807) is 24.3 Å². The lowest BCUT2D eigenvalue weighted by atomic mass is 10.1. The van der Waals surface area contributed by atoms with Gasteiger partial charge in [0.1, 0.15) is 0 Å². The van der Waals surface area contributed by atoms with Crippen LogP contribution in [0, 0.1) is 10.1 Å². The van der Waals surface area contributed by atoms with Gasteiger partial charge in [-0.2, -0.15) is 8.42 Å². The highest BCUT2D eigenvalue weighted by molar-refractivity contribution is 7.86. The number of nitro benzene ring substituents is 1. The maximum Gasteiger partial charge on any atom is 0.332 e. The predicted octanol–water partition coefficient (Wildman–Crippen LogP) is 5.29. The van der Waals surface area contributed by atoms with E-state index in [0.29, 0.717) is 11.1 Å². The summed E-state index contributed by atoms with van der Waals surface area (Å²) in [5.41, 5.74) is 0.975. The molecule has 0 radical (unpaired) electrons. The Bertz CT molecular complexity index is 988. The van der Waals surface area contributed by atoms with Crippen LogP contribution in [-0.4, -0.2) is 13.3 Å². The Balaban J connectivity index is 2.16. The molecule has 0 amide bonds. The average molecular weight is 402 g/mol. The lowest BCUT2D eigenvalue weighted by Gasteiger charge is -2.00. The van der Waals surface area contributed by atoms with E-state index in [4.69, 9.17) is 23.2 Å². The highest BCUT2D eigenvalue weighted by atomic mass is 35.5. The van der Waals surface area contributed by atoms with Gasteiger partial charge in [0.05, 0.1) is 14.8 Å². The van der Waals surface area contributed by atoms with Gasteiger partial charge in [-0.1, -0.05) is 53.6 Å². The zero-order valence-electron chi connectivity index (χ0n) is 12.4. The number of non-ortho nitro benzene ring substituents is 1. The third kappa shape index (κ3) is 5.12. The molecule has 0 bridgehead atoms. The van der Waals surface area contributed by atoms with E-state index in [2.05, 4.69) is 0 Å². The van der Waals surface area contributed by atoms with Gasteiger partial charge in [0, 0.05) is 17.2 Å². The minimum atomic E-state index is -4.80. The van der Waals surface area contributed by atoms with Gasteiger partial charge >= 0.3 is 10.2 Å². The predicted molar refractivity (Wildman–Crippen MR) is 95.9 cm³/mol. The molecule has 0 spiro atoms. The van der Waals surface area contributed by atoms with Crippen LogP contribution in [0.25, 0.3) is 12.2 Å². The highest BCUT2D eigenvalue weighted by Crippen LogP contribution is 2.25. The van der Waals surface area contributed by atoms with Crippen LogP contribution in [0.2, 0.25) is 10.0 Å². The average Bonchev–Trinajstić information content (AvgIpc) is 2.52. The third-order valence-corrected chi connectivity index (χ3v) is 4.58. The summed E-state index contributed by atoms with van der Waals surface area (Å²) in [6, 6.07) is 7.60. The number of hydrogen-bond acceptors (Lipinski definition) is 4. The van der Waals surface area contributed by atoms with Crippen LogP contribution >= 0.6 is 23.2 Å². The summed E-state index contributed by atoms with van der Waals surface area (Å²) in [5.74, 6) is 0. The molecular formula is C16H10Cl2FNO4S. The SMILES string of the molecule is O=[N+]([O-])c1ccc(/C=C\C=C\c2ccc(S(=O)(=O)F)cc2Cl)c(Cl)c1. The first-order chi connectivity index (χ1) is 11.7. The molecule has 0 saturated heterocycles. The Morgan fingerprint density at radius 3 is 1.92 bits per heavy atom. The van der Waals surface area contributed by atoms with Crippen molar-refractivity contribution in [1.82, 2.24) is 0 Å². The number of allylic oxidation sites excluding steroid dienone is 2. The van der Waals surface area contributed by atoms with Crippen molar-refractivity contribution in [2.45, 2.75) is 4.90 Å². The Kier molecular flexibility index (Phi) is 5.94. The molecule has 0 N–H and O–H groups in total. The summed E-state index contributed by atoms with van der Waals surface area (Å²) >= 11 is 11.9. The van der Waals surface area contributed by atoms with Crippen LogP contribution in [0.1, 0.15) is 11.1 Å². The molecule has 5 nitrogen and oxygen atoms in total. The summed E-state index contributed by atoms with van der Waals surface area (Å²) < 4.78 is 34.5. The van der Waals surface area contributed by atoms with E-state index in [1.807, 2.05) is 0 Å². The summed E-state index contributed by atoms with van der Waals surface area (Å²) in [6.45, 7) is 0. The van der Waals surface area contributed by atoms with Crippen LogP contribution in [0.3, 0.4) is 0 Å². The van der Waals surface area contributed by atoms with Crippen molar-refractivity contribution >= 4 is 51.3 Å². The number of nitrogens with zero attached hydrogens (tertiary/aromatic N) is 1. The quantitative estimate of drug-likeness (QED) is 0.295. The van der Waals surface area contributed by atoms with Gasteiger partial charge in [-0.25, -0.2) is 0 Å². The van der Waals surface area contributed by atoms with E-state index in [9.17, 15) is 22.4 Å². The van der Waals surface area contributed by atoms with Crippen LogP contribution in [0.15, 0.2) is 53.4 Å². The fraction of sp³-hybridized carbons (Fsp3) is 0. The van der Waals surface area contributed by atoms with Crippen molar-refractivity contribution in [3.05, 3.63) is 79.8 Å². The van der Waals surface area contributed by atoms with Gasteiger partial charge in [0.15, 0.2) is 0 Å². The fourth-order valence-corrected chi connectivity index (χ4v) is 2.91. The molecule has 2 aromatic rings. The first-order valence-electron chi connectivity index (χ1n) is 6.71. The van der Waals surface area contributed by atoms with Crippen molar-refractivity contribution < 1.29 is 17.2 Å². The van der Waals surface area contributed by atoms with Crippen molar-refractivity contribution in [2.75, 3.05) is 0 Å². The minimum absolute atomic E-state index is 0.0803. The molecule has 0 atom stereocenters. The van der Waals surface area contributed by atoms with E-state index in [-0.39, 0.29) is 15.7 Å². The van der Waals surface area contributed by atoms with Gasteiger partial charge in [-0.3, -0.25) is 10.1 Å². The second kappa shape index (κ2) is 7.77. The van der Waals surface area contributed by atoms with E-state index in [1.165, 1.54) is 24.3 Å². The smallest absolute Gasteiger partial charge is 0.258 e. The van der Waals surface area contributed by atoms with E-state index < -0.39 is 20.0 Å². The Labute approximate surface area is 153 Å². The normalized spacial score (nSPS) is 12.1. The fourth-order valence-electron chi connectivity index (χ4n) is 1.88. The molecule has 0 fully saturated rings. The number of nitro groups is 1. The summed E-state index contributed by atoms with van der Waals surface area (Å²) in [7, 11) is -4.80. The van der Waals surface area contributed by atoms with Gasteiger partial charge < -0.3 is 0 Å². The van der Waals surface area contributed by atoms with E-state index in [0.717, 1.165) is 12.1 Å². The molecule has 0 aromatic heterocycles. The topological polar surface area (TPSA) is 77.3 Å². The first kappa shape index (κ1) is 19.1. The zero-order valence-corrected chi connectivity index (χ0v) is 14.7. The molecule has 0 unspecified atom stereocenters. The molecule has 9 heteroatoms. The van der Waals surface area contributed by atoms with Crippen LogP contribution in [-0.2, 0) is 10.2 Å². The molecule has 0 aliphatic rings. The van der Waals surface area contributed by atoms with Crippen molar-refractivity contribution in [3.63, 3.8) is 0 Å². The standard InChI is InChI=1S/C16H10Cl2FNO4S/c17-15-9-13(20(21)22)7-5-11(15)3-1-2-4-12-6-8-14(10-16(12)18)25(19,23)24/h1-10H/b3-1-,4-2+. The summed E-state index contributed by atoms with van der Waals surface area (Å²) in [4.78, 5) is 9.59. The lowest BCUT2D eigenvalue weighted by Crippen LogP contribution is -1.92. The van der Waals surface area contributed by atoms with Crippen LogP contribution in [0.5, 0.6) is 0 Å². The number of halogens is 3. The number of benzene rings is 2. The molecule has 2 aromatic carbocycles. The van der Waals surface area contributed by atoms with Crippen molar-refractivity contribution in [1.29, 1.82) is 0 Å². The van der Waals surface area contributed by atoms with E-state index >= 15 is 0 Å². The van der Waals surface area contributed by atoms with Gasteiger partial charge in [0.2, 0.25) is 0 Å². The Morgan fingerprint density at radius 2 is 1.48 bits per heavy atom. The maximum atomic E-state index is 12.9. The second-order valence-electron chi connectivity index (χ2n) is 4.80. The van der Waals surface area contributed by atoms with Crippen molar-refractivity contribution in [3.8, 4) is 0 Å². The largest absolute Gasteiger partial charge is 0.332 e. The van der Waals surface area contributed by atoms with Crippen LogP contribution in [0.4, 0.5) is 9.57 Å².